The number of carbonyl (C=O) groups is 1. The van der Waals surface area contributed by atoms with Crippen LogP contribution in [0.1, 0.15) is 16.7 Å². The van der Waals surface area contributed by atoms with Crippen molar-refractivity contribution in [3.8, 4) is 198 Å². The largest absolute Gasteiger partial charge is 0.454 e. The maximum Gasteiger partial charge on any atom is 0.315 e. The Labute approximate surface area is 775 Å². The highest BCUT2D eigenvalue weighted by atomic mass is 19.2. The van der Waals surface area contributed by atoms with Crippen molar-refractivity contribution in [1.82, 2.24) is 29.9 Å². The zero-order chi connectivity index (χ0) is 93.1. The predicted octanol–water partition coefficient (Wildman–Crippen LogP) is 26.2. The molecular formula is C111H75F7N6O12. The fourth-order valence-corrected chi connectivity index (χ4v) is 15.9. The lowest BCUT2D eigenvalue weighted by Crippen LogP contribution is -2.00. The van der Waals surface area contributed by atoms with Crippen molar-refractivity contribution in [3.63, 3.8) is 0 Å². The summed E-state index contributed by atoms with van der Waals surface area (Å²) >= 11 is 0. The number of fused-ring (bicyclic) bond motifs is 6. The van der Waals surface area contributed by atoms with Crippen LogP contribution in [-0.2, 0) is 11.2 Å². The van der Waals surface area contributed by atoms with Crippen molar-refractivity contribution in [2.75, 3.05) is 34.0 Å². The molecule has 24 rings (SSSR count). The monoisotopic (exact) mass is 1820 g/mol. The number of nitrogens with zero attached hydrogens (tertiary/aromatic N) is 6. The first kappa shape index (κ1) is 87.8. The van der Waals surface area contributed by atoms with E-state index in [0.717, 1.165) is 164 Å². The van der Waals surface area contributed by atoms with Crippen molar-refractivity contribution in [2.24, 2.45) is 0 Å². The maximum absolute atomic E-state index is 14.1. The van der Waals surface area contributed by atoms with E-state index in [1.165, 1.54) is 48.5 Å². The van der Waals surface area contributed by atoms with E-state index in [9.17, 15) is 35.5 Å². The molecule has 0 spiro atoms. The fourth-order valence-electron chi connectivity index (χ4n) is 15.9. The van der Waals surface area contributed by atoms with Crippen LogP contribution >= 0.6 is 0 Å². The predicted molar refractivity (Wildman–Crippen MR) is 500 cm³/mol. The standard InChI is InChI=1S/C20H14FNO2.C19H14FNO2.C18H11F2NO2.3C18H12FNO2/c1-12-9-15(6-7-17(12)21)20-16(3-2-8-22-20)13-4-5-14-11-19(23)24-18(14)10-13;1-12-9-14(4-6-16(12)20)19-15(3-2-8-21-19)13-5-7-17-18(10-13)23-11-22-17;19-14-5-3-12(8-15(14)20)18-13(2-1-7-21-18)11-4-6-16-17(9-11)23-10-22-16;19-14-4-1-3-13(9-14)18-15(5-2-8-20-18)12-6-7-16-17(10-12)22-11-21-16;19-14-6-3-12(4-7-14)18-15(2-1-9-20-18)13-5-8-16-17(10-13)22-11-21-16;19-15-6-2-1-4-14(15)18-13(5-3-9-20-18)12-7-8-16-17(10-12)22-11-21-16/h2-10H,11H2,1H3;2-10H,11H2,1H3;1-9H,10H2;3*1-10H,11H2. The van der Waals surface area contributed by atoms with Gasteiger partial charge in [0, 0.05) is 110 Å². The van der Waals surface area contributed by atoms with Gasteiger partial charge in [-0.1, -0.05) is 103 Å². The van der Waals surface area contributed by atoms with Crippen LogP contribution < -0.4 is 52.1 Å². The SMILES string of the molecule is Cc1cc(-c2ncccc2-c2ccc3c(c2)OC(=O)C3)ccc1F.Cc1cc(-c2ncccc2-c2ccc3c(c2)OCO3)ccc1F.Fc1ccc(-c2ncccc2-c2ccc3c(c2)OCO3)cc1.Fc1ccc(-c2ncccc2-c2ccc3c(c2)OCO3)cc1F.Fc1cccc(-c2ncccc2-c2ccc3c(c2)OCO3)c1.Fc1ccccc1-c1ncccc1-c1ccc2c(c1)OCO2. The Morgan fingerprint density at radius 3 is 0.882 bits per heavy atom. The molecule has 0 saturated carbocycles. The van der Waals surface area contributed by atoms with Gasteiger partial charge in [0.15, 0.2) is 69.1 Å². The topological polar surface area (TPSA) is 196 Å². The number of hydrogen-bond donors (Lipinski definition) is 0. The summed E-state index contributed by atoms with van der Waals surface area (Å²) in [5.41, 5.74) is 21.8. The lowest BCUT2D eigenvalue weighted by atomic mass is 9.97. The highest BCUT2D eigenvalue weighted by Gasteiger charge is 2.26. The molecule has 0 saturated heterocycles. The summed E-state index contributed by atoms with van der Waals surface area (Å²) in [7, 11) is 0. The number of hydrogen-bond acceptors (Lipinski definition) is 18. The van der Waals surface area contributed by atoms with E-state index in [1.807, 2.05) is 188 Å². The number of pyridine rings is 6. The van der Waals surface area contributed by atoms with E-state index in [1.54, 1.807) is 112 Å². The molecule has 0 atom stereocenters. The number of aromatic nitrogens is 6. The molecule has 25 heteroatoms. The Morgan fingerprint density at radius 1 is 0.213 bits per heavy atom. The van der Waals surface area contributed by atoms with Crippen LogP contribution in [0.15, 0.2) is 347 Å². The Balaban J connectivity index is 0.000000105. The molecule has 12 heterocycles. The number of halogens is 7. The molecule has 12 aromatic carbocycles. The minimum atomic E-state index is -0.898. The summed E-state index contributed by atoms with van der Waals surface area (Å²) in [6, 6.07) is 90.3. The van der Waals surface area contributed by atoms with E-state index in [4.69, 9.17) is 52.1 Å². The summed E-state index contributed by atoms with van der Waals surface area (Å²) in [4.78, 5) is 38.0. The van der Waals surface area contributed by atoms with Gasteiger partial charge >= 0.3 is 5.97 Å². The van der Waals surface area contributed by atoms with Gasteiger partial charge in [-0.3, -0.25) is 34.7 Å². The highest BCUT2D eigenvalue weighted by molar-refractivity contribution is 5.89. The zero-order valence-corrected chi connectivity index (χ0v) is 72.4. The van der Waals surface area contributed by atoms with Gasteiger partial charge in [0.1, 0.15) is 34.8 Å². The number of carbonyl (C=O) groups excluding carboxylic acids is 1. The lowest BCUT2D eigenvalue weighted by Gasteiger charge is -2.11. The van der Waals surface area contributed by atoms with Crippen LogP contribution in [0.5, 0.6) is 63.2 Å². The second-order valence-electron chi connectivity index (χ2n) is 31.3. The van der Waals surface area contributed by atoms with Gasteiger partial charge in [-0.2, -0.15) is 0 Å². The summed E-state index contributed by atoms with van der Waals surface area (Å²) in [6.45, 7) is 4.64. The first-order valence-corrected chi connectivity index (χ1v) is 42.8. The molecule has 6 aliphatic heterocycles. The number of esters is 1. The molecule has 0 fully saturated rings. The third-order valence-electron chi connectivity index (χ3n) is 22.6. The highest BCUT2D eigenvalue weighted by Crippen LogP contribution is 2.46. The minimum absolute atomic E-state index is 0.196. The summed E-state index contributed by atoms with van der Waals surface area (Å²) in [5.74, 6) is 4.47. The van der Waals surface area contributed by atoms with Gasteiger partial charge in [0.2, 0.25) is 34.0 Å². The van der Waals surface area contributed by atoms with Gasteiger partial charge in [0.05, 0.1) is 40.6 Å². The van der Waals surface area contributed by atoms with Crippen LogP contribution in [0.25, 0.3) is 134 Å². The van der Waals surface area contributed by atoms with Crippen molar-refractivity contribution >= 4 is 5.97 Å². The number of rotatable bonds is 12. The van der Waals surface area contributed by atoms with E-state index in [0.29, 0.717) is 68.8 Å². The number of ether oxygens (including phenoxy) is 11. The van der Waals surface area contributed by atoms with Crippen molar-refractivity contribution in [3.05, 3.63) is 404 Å². The molecule has 18 aromatic rings. The molecule has 6 aliphatic rings. The molecule has 0 N–H and O–H groups in total. The minimum Gasteiger partial charge on any atom is -0.454 e. The smallest absolute Gasteiger partial charge is 0.315 e. The summed E-state index contributed by atoms with van der Waals surface area (Å²) in [5, 5.41) is 0. The van der Waals surface area contributed by atoms with Crippen molar-refractivity contribution in [2.45, 2.75) is 20.3 Å². The van der Waals surface area contributed by atoms with E-state index >= 15 is 0 Å². The molecule has 136 heavy (non-hydrogen) atoms. The molecule has 0 radical (unpaired) electrons. The van der Waals surface area contributed by atoms with Gasteiger partial charge in [-0.15, -0.1) is 0 Å². The molecule has 6 aromatic heterocycles. The second-order valence-corrected chi connectivity index (χ2v) is 31.3. The first-order chi connectivity index (χ1) is 66.5. The van der Waals surface area contributed by atoms with Gasteiger partial charge < -0.3 is 52.1 Å². The Bertz CT molecular complexity index is 7410. The zero-order valence-electron chi connectivity index (χ0n) is 72.4. The van der Waals surface area contributed by atoms with Gasteiger partial charge in [0.25, 0.3) is 0 Å². The molecule has 0 aliphatic carbocycles. The van der Waals surface area contributed by atoms with Crippen molar-refractivity contribution < 1.29 is 87.6 Å². The summed E-state index contributed by atoms with van der Waals surface area (Å²) in [6.07, 6.45) is 10.5. The maximum atomic E-state index is 14.1. The molecule has 0 amide bonds. The third-order valence-corrected chi connectivity index (χ3v) is 22.6. The normalized spacial score (nSPS) is 12.5. The first-order valence-electron chi connectivity index (χ1n) is 42.8. The third kappa shape index (κ3) is 19.5. The molecule has 18 nitrogen and oxygen atoms in total. The molecule has 0 unspecified atom stereocenters. The van der Waals surface area contributed by atoms with Crippen LogP contribution in [0.2, 0.25) is 0 Å². The van der Waals surface area contributed by atoms with E-state index in [2.05, 4.69) is 29.9 Å². The Hall–Kier alpha value is -17.5. The molecular weight excluding hydrogens is 1740 g/mol. The quantitative estimate of drug-likeness (QED) is 0.0635. The fraction of sp³-hybridized carbons (Fsp3) is 0.0721. The van der Waals surface area contributed by atoms with Crippen LogP contribution in [0.3, 0.4) is 0 Å². The summed E-state index contributed by atoms with van der Waals surface area (Å²) < 4.78 is 154. The number of aryl methyl sites for hydroxylation is 2. The molecule has 0 bridgehead atoms. The Morgan fingerprint density at radius 2 is 0.515 bits per heavy atom. The Kier molecular flexibility index (Phi) is 25.6. The van der Waals surface area contributed by atoms with Gasteiger partial charge in [-0.25, -0.2) is 30.7 Å². The second kappa shape index (κ2) is 39.7. The number of benzene rings is 12. The van der Waals surface area contributed by atoms with E-state index in [-0.39, 0.29) is 69.0 Å². The van der Waals surface area contributed by atoms with Crippen LogP contribution in [0.4, 0.5) is 30.7 Å². The molecule has 670 valence electrons. The lowest BCUT2D eigenvalue weighted by molar-refractivity contribution is -0.131. The van der Waals surface area contributed by atoms with Crippen LogP contribution in [-0.4, -0.2) is 69.8 Å². The average Bonchev–Trinajstić information content (AvgIpc) is 1.38. The van der Waals surface area contributed by atoms with Crippen molar-refractivity contribution in [1.29, 1.82) is 0 Å². The van der Waals surface area contributed by atoms with Gasteiger partial charge in [-0.05, 0) is 265 Å². The van der Waals surface area contributed by atoms with E-state index < -0.39 is 11.6 Å². The van der Waals surface area contributed by atoms with Crippen LogP contribution in [0, 0.1) is 54.6 Å². The average molecular weight is 1820 g/mol.